The SMILES string of the molecule is COc1ccc(NC(=O)c2ccc(NC(=O)c3cnn(-c4cccc(Cl)c4)c3C)cc2)cc1. The second-order valence-corrected chi connectivity index (χ2v) is 7.69. The molecule has 0 spiro atoms. The lowest BCUT2D eigenvalue weighted by Gasteiger charge is -2.09. The predicted octanol–water partition coefficient (Wildman–Crippen LogP) is 5.35. The largest absolute Gasteiger partial charge is 0.497 e. The van der Waals surface area contributed by atoms with E-state index in [-0.39, 0.29) is 11.8 Å². The Hall–Kier alpha value is -4.10. The van der Waals surface area contributed by atoms with Crippen LogP contribution in [0.1, 0.15) is 26.4 Å². The molecule has 0 saturated heterocycles. The van der Waals surface area contributed by atoms with Crippen molar-refractivity contribution >= 4 is 34.8 Å². The molecule has 8 heteroatoms. The summed E-state index contributed by atoms with van der Waals surface area (Å²) in [7, 11) is 1.58. The van der Waals surface area contributed by atoms with Crippen molar-refractivity contribution in [3.8, 4) is 11.4 Å². The number of ether oxygens (including phenoxy) is 1. The van der Waals surface area contributed by atoms with Gasteiger partial charge in [-0.1, -0.05) is 17.7 Å². The number of hydrogen-bond acceptors (Lipinski definition) is 4. The zero-order chi connectivity index (χ0) is 23.4. The van der Waals surface area contributed by atoms with Gasteiger partial charge < -0.3 is 15.4 Å². The Labute approximate surface area is 196 Å². The van der Waals surface area contributed by atoms with E-state index in [1.807, 2.05) is 19.1 Å². The normalized spacial score (nSPS) is 10.5. The van der Waals surface area contributed by atoms with E-state index in [9.17, 15) is 9.59 Å². The lowest BCUT2D eigenvalue weighted by atomic mass is 10.1. The van der Waals surface area contributed by atoms with E-state index in [1.54, 1.807) is 72.5 Å². The van der Waals surface area contributed by atoms with Gasteiger partial charge in [-0.05, 0) is 73.7 Å². The monoisotopic (exact) mass is 460 g/mol. The zero-order valence-electron chi connectivity index (χ0n) is 18.0. The van der Waals surface area contributed by atoms with Crippen LogP contribution in [0.15, 0.2) is 79.0 Å². The first kappa shape index (κ1) is 22.1. The minimum atomic E-state index is -0.295. The Balaban J connectivity index is 1.42. The molecule has 1 heterocycles. The van der Waals surface area contributed by atoms with Gasteiger partial charge in [0.05, 0.1) is 30.3 Å². The summed E-state index contributed by atoms with van der Waals surface area (Å²) in [6, 6.07) is 21.0. The van der Waals surface area contributed by atoms with Crippen molar-refractivity contribution < 1.29 is 14.3 Å². The first-order chi connectivity index (χ1) is 15.9. The molecule has 7 nitrogen and oxygen atoms in total. The molecule has 0 aliphatic rings. The molecule has 0 unspecified atom stereocenters. The molecule has 0 bridgehead atoms. The molecule has 2 amide bonds. The van der Waals surface area contributed by atoms with Crippen molar-refractivity contribution in [3.63, 3.8) is 0 Å². The number of halogens is 1. The highest BCUT2D eigenvalue weighted by Crippen LogP contribution is 2.20. The molecular formula is C25H21ClN4O3. The first-order valence-corrected chi connectivity index (χ1v) is 10.5. The van der Waals surface area contributed by atoms with Crippen molar-refractivity contribution in [3.05, 3.63) is 101 Å². The van der Waals surface area contributed by atoms with Gasteiger partial charge in [0.1, 0.15) is 5.75 Å². The van der Waals surface area contributed by atoms with E-state index >= 15 is 0 Å². The Kier molecular flexibility index (Phi) is 6.42. The minimum absolute atomic E-state index is 0.253. The second kappa shape index (κ2) is 9.58. The molecule has 4 aromatic rings. The van der Waals surface area contributed by atoms with Crippen LogP contribution in [0.2, 0.25) is 5.02 Å². The summed E-state index contributed by atoms with van der Waals surface area (Å²) in [4.78, 5) is 25.3. The van der Waals surface area contributed by atoms with Gasteiger partial charge in [-0.25, -0.2) is 4.68 Å². The highest BCUT2D eigenvalue weighted by molar-refractivity contribution is 6.30. The van der Waals surface area contributed by atoms with Crippen LogP contribution < -0.4 is 15.4 Å². The van der Waals surface area contributed by atoms with Crippen molar-refractivity contribution in [1.29, 1.82) is 0 Å². The van der Waals surface area contributed by atoms with E-state index in [4.69, 9.17) is 16.3 Å². The Morgan fingerprint density at radius 2 is 1.55 bits per heavy atom. The molecule has 4 rings (SSSR count). The average molecular weight is 461 g/mol. The third kappa shape index (κ3) is 5.05. The fraction of sp³-hybridized carbons (Fsp3) is 0.0800. The van der Waals surface area contributed by atoms with Crippen molar-refractivity contribution in [1.82, 2.24) is 9.78 Å². The Morgan fingerprint density at radius 3 is 2.18 bits per heavy atom. The molecule has 2 N–H and O–H groups in total. The third-order valence-electron chi connectivity index (χ3n) is 5.06. The van der Waals surface area contributed by atoms with Crippen molar-refractivity contribution in [2.24, 2.45) is 0 Å². The lowest BCUT2D eigenvalue weighted by molar-refractivity contribution is 0.101. The number of nitrogens with zero attached hydrogens (tertiary/aromatic N) is 2. The maximum atomic E-state index is 12.8. The number of nitrogens with one attached hydrogen (secondary N) is 2. The standard InChI is InChI=1S/C25H21ClN4O3/c1-16-23(15-27-30(16)21-5-3-4-18(26)14-21)25(32)29-19-8-6-17(7-9-19)24(31)28-20-10-12-22(33-2)13-11-20/h3-15H,1-2H3,(H,28,31)(H,29,32). The van der Waals surface area contributed by atoms with E-state index in [0.29, 0.717) is 39.0 Å². The van der Waals surface area contributed by atoms with E-state index < -0.39 is 0 Å². The summed E-state index contributed by atoms with van der Waals surface area (Å²) >= 11 is 6.06. The molecule has 0 aliphatic carbocycles. The molecule has 0 radical (unpaired) electrons. The Bertz CT molecular complexity index is 1300. The number of benzene rings is 3. The third-order valence-corrected chi connectivity index (χ3v) is 5.30. The molecule has 1 aromatic heterocycles. The van der Waals surface area contributed by atoms with Gasteiger partial charge in [0.25, 0.3) is 11.8 Å². The lowest BCUT2D eigenvalue weighted by Crippen LogP contribution is -2.14. The van der Waals surface area contributed by atoms with Gasteiger partial charge >= 0.3 is 0 Å². The van der Waals surface area contributed by atoms with Gasteiger partial charge in [-0.2, -0.15) is 5.10 Å². The van der Waals surface area contributed by atoms with Crippen LogP contribution >= 0.6 is 11.6 Å². The maximum Gasteiger partial charge on any atom is 0.259 e. The number of carbonyl (C=O) groups excluding carboxylic acids is 2. The molecular weight excluding hydrogens is 440 g/mol. The van der Waals surface area contributed by atoms with Gasteiger partial charge in [-0.3, -0.25) is 9.59 Å². The van der Waals surface area contributed by atoms with Crippen LogP contribution in [0.25, 0.3) is 5.69 Å². The molecule has 3 aromatic carbocycles. The molecule has 33 heavy (non-hydrogen) atoms. The number of carbonyl (C=O) groups is 2. The van der Waals surface area contributed by atoms with Crippen molar-refractivity contribution in [2.75, 3.05) is 17.7 Å². The average Bonchev–Trinajstić information content (AvgIpc) is 3.21. The van der Waals surface area contributed by atoms with Crippen LogP contribution in [0, 0.1) is 6.92 Å². The molecule has 0 fully saturated rings. The molecule has 0 aliphatic heterocycles. The summed E-state index contributed by atoms with van der Waals surface area (Å²) in [5.74, 6) is 0.161. The Morgan fingerprint density at radius 1 is 0.909 bits per heavy atom. The smallest absolute Gasteiger partial charge is 0.259 e. The highest BCUT2D eigenvalue weighted by atomic mass is 35.5. The quantitative estimate of drug-likeness (QED) is 0.406. The molecule has 0 atom stereocenters. The fourth-order valence-corrected chi connectivity index (χ4v) is 3.47. The van der Waals surface area contributed by atoms with Crippen LogP contribution in [-0.4, -0.2) is 28.7 Å². The van der Waals surface area contributed by atoms with Crippen molar-refractivity contribution in [2.45, 2.75) is 6.92 Å². The summed E-state index contributed by atoms with van der Waals surface area (Å²) in [5, 5.41) is 10.6. The van der Waals surface area contributed by atoms with E-state index in [2.05, 4.69) is 15.7 Å². The van der Waals surface area contributed by atoms with Gasteiger partial charge in [0, 0.05) is 22.0 Å². The number of methoxy groups -OCH3 is 1. The van der Waals surface area contributed by atoms with Crippen LogP contribution in [-0.2, 0) is 0 Å². The van der Waals surface area contributed by atoms with Crippen LogP contribution in [0.4, 0.5) is 11.4 Å². The van der Waals surface area contributed by atoms with E-state index in [0.717, 1.165) is 5.69 Å². The van der Waals surface area contributed by atoms with Crippen LogP contribution in [0.5, 0.6) is 5.75 Å². The number of anilines is 2. The first-order valence-electron chi connectivity index (χ1n) is 10.1. The summed E-state index contributed by atoms with van der Waals surface area (Å²) in [6.45, 7) is 1.81. The van der Waals surface area contributed by atoms with E-state index in [1.165, 1.54) is 6.20 Å². The predicted molar refractivity (Wildman–Crippen MR) is 129 cm³/mol. The highest BCUT2D eigenvalue weighted by Gasteiger charge is 2.16. The summed E-state index contributed by atoms with van der Waals surface area (Å²) in [6.07, 6.45) is 1.52. The number of rotatable bonds is 6. The molecule has 166 valence electrons. The summed E-state index contributed by atoms with van der Waals surface area (Å²) in [5.41, 5.74) is 3.59. The maximum absolute atomic E-state index is 12.8. The topological polar surface area (TPSA) is 85.2 Å². The second-order valence-electron chi connectivity index (χ2n) is 7.25. The number of hydrogen-bond donors (Lipinski definition) is 2. The van der Waals surface area contributed by atoms with Crippen LogP contribution in [0.3, 0.4) is 0 Å². The summed E-state index contributed by atoms with van der Waals surface area (Å²) < 4.78 is 6.77. The van der Waals surface area contributed by atoms with Gasteiger partial charge in [0.15, 0.2) is 0 Å². The fourth-order valence-electron chi connectivity index (χ4n) is 3.28. The van der Waals surface area contributed by atoms with Gasteiger partial charge in [-0.15, -0.1) is 0 Å². The number of aromatic nitrogens is 2. The minimum Gasteiger partial charge on any atom is -0.497 e. The number of amides is 2. The zero-order valence-corrected chi connectivity index (χ0v) is 18.8. The molecule has 0 saturated carbocycles. The van der Waals surface area contributed by atoms with Gasteiger partial charge in [0.2, 0.25) is 0 Å².